The summed E-state index contributed by atoms with van der Waals surface area (Å²) in [6, 6.07) is 0. The van der Waals surface area contributed by atoms with Crippen molar-refractivity contribution in [3.8, 4) is 0 Å². The Hall–Kier alpha value is -1.91. The molecule has 0 aliphatic heterocycles. The minimum atomic E-state index is -4.66. The predicted molar refractivity (Wildman–Crippen MR) is 51.7 cm³/mol. The molecule has 1 rings (SSSR count). The molecule has 7 nitrogen and oxygen atoms in total. The molecule has 0 bridgehead atoms. The maximum Gasteiger partial charge on any atom is 0.446 e. The highest BCUT2D eigenvalue weighted by molar-refractivity contribution is 8.00. The number of aromatic nitrogens is 2. The summed E-state index contributed by atoms with van der Waals surface area (Å²) in [7, 11) is 0. The summed E-state index contributed by atoms with van der Waals surface area (Å²) < 4.78 is 36.7. The first-order chi connectivity index (χ1) is 7.76. The lowest BCUT2D eigenvalue weighted by Crippen LogP contribution is -2.14. The van der Waals surface area contributed by atoms with Crippen LogP contribution in [0.15, 0.2) is 10.1 Å². The van der Waals surface area contributed by atoms with E-state index in [1.54, 1.807) is 0 Å². The highest BCUT2D eigenvalue weighted by atomic mass is 32.2. The lowest BCUT2D eigenvalue weighted by molar-refractivity contribution is -0.0328. The highest BCUT2D eigenvalue weighted by Gasteiger charge is 2.34. The largest absolute Gasteiger partial charge is 0.446 e. The van der Waals surface area contributed by atoms with Crippen LogP contribution in [0.2, 0.25) is 0 Å². The zero-order valence-electron chi connectivity index (χ0n) is 7.93. The summed E-state index contributed by atoms with van der Waals surface area (Å²) in [5.74, 6) is -0.753. The normalized spacial score (nSPS) is 12.2. The molecule has 0 atom stereocenters. The third kappa shape index (κ3) is 3.03. The maximum absolute atomic E-state index is 12.2. The first kappa shape index (κ1) is 13.2. The Morgan fingerprint density at radius 2 is 2.18 bits per heavy atom. The second-order valence-electron chi connectivity index (χ2n) is 2.66. The summed E-state index contributed by atoms with van der Waals surface area (Å²) >= 11 is -0.623. The van der Waals surface area contributed by atoms with Crippen LogP contribution in [-0.4, -0.2) is 37.9 Å². The van der Waals surface area contributed by atoms with Gasteiger partial charge in [0.1, 0.15) is 17.2 Å². The minimum absolute atomic E-state index is 0.0462. The van der Waals surface area contributed by atoms with E-state index in [-0.39, 0.29) is 4.85 Å². The molecule has 0 aliphatic rings. The average Bonchev–Trinajstić information content (AvgIpc) is 2.44. The fourth-order valence-electron chi connectivity index (χ4n) is 0.964. The van der Waals surface area contributed by atoms with Crippen LogP contribution in [0.5, 0.6) is 0 Å². The van der Waals surface area contributed by atoms with Crippen LogP contribution in [0.4, 0.5) is 13.2 Å². The molecule has 0 unspecified atom stereocenters. The fraction of sp³-hybridized carbons (Fsp3) is 0.167. The molecular formula is C6H6F3N5O2S. The van der Waals surface area contributed by atoms with Crippen LogP contribution in [-0.2, 0) is 0 Å². The zero-order chi connectivity index (χ0) is 13.2. The lowest BCUT2D eigenvalue weighted by Gasteiger charge is -2.05. The Morgan fingerprint density at radius 3 is 2.59 bits per heavy atom. The molecule has 17 heavy (non-hydrogen) atoms. The number of nitrogens with zero attached hydrogens (tertiary/aromatic N) is 3. The number of nitrogen functional groups attached to an aromatic ring is 1. The summed E-state index contributed by atoms with van der Waals surface area (Å²) in [6.07, 6.45) is 0.549. The van der Waals surface area contributed by atoms with Gasteiger partial charge in [-0.25, -0.2) is 0 Å². The van der Waals surface area contributed by atoms with Gasteiger partial charge >= 0.3 is 5.51 Å². The smallest absolute Gasteiger partial charge is 0.411 e. The number of amidine groups is 1. The van der Waals surface area contributed by atoms with Crippen molar-refractivity contribution in [1.29, 1.82) is 5.41 Å². The van der Waals surface area contributed by atoms with Crippen molar-refractivity contribution in [2.45, 2.75) is 10.4 Å². The van der Waals surface area contributed by atoms with Crippen LogP contribution >= 0.6 is 11.8 Å². The SMILES string of the molecule is N=C(N)c1nn(O)c(C=NO)c1SC(F)(F)F. The van der Waals surface area contributed by atoms with Gasteiger partial charge in [-0.15, -0.1) is 5.10 Å². The average molecular weight is 269 g/mol. The van der Waals surface area contributed by atoms with Gasteiger partial charge in [-0.3, -0.25) is 5.41 Å². The third-order valence-corrected chi connectivity index (χ3v) is 2.35. The fourth-order valence-corrected chi connectivity index (χ4v) is 1.68. The van der Waals surface area contributed by atoms with E-state index in [2.05, 4.69) is 10.3 Å². The molecule has 11 heteroatoms. The molecule has 0 aromatic carbocycles. The Kier molecular flexibility index (Phi) is 3.50. The van der Waals surface area contributed by atoms with Gasteiger partial charge in [0, 0.05) is 0 Å². The van der Waals surface area contributed by atoms with Gasteiger partial charge in [-0.1, -0.05) is 10.0 Å². The van der Waals surface area contributed by atoms with Crippen LogP contribution in [0.1, 0.15) is 11.4 Å². The minimum Gasteiger partial charge on any atom is -0.411 e. The molecule has 5 N–H and O–H groups in total. The van der Waals surface area contributed by atoms with E-state index in [0.29, 0.717) is 6.21 Å². The molecule has 1 aromatic heterocycles. The molecule has 1 heterocycles. The molecule has 0 fully saturated rings. The molecule has 0 radical (unpaired) electrons. The quantitative estimate of drug-likeness (QED) is 0.162. The first-order valence-electron chi connectivity index (χ1n) is 3.86. The van der Waals surface area contributed by atoms with Gasteiger partial charge in [0.25, 0.3) is 0 Å². The van der Waals surface area contributed by atoms with Crippen molar-refractivity contribution in [2.75, 3.05) is 0 Å². The Morgan fingerprint density at radius 1 is 1.59 bits per heavy atom. The second kappa shape index (κ2) is 4.53. The van der Waals surface area contributed by atoms with Crippen molar-refractivity contribution in [3.05, 3.63) is 11.4 Å². The van der Waals surface area contributed by atoms with E-state index in [4.69, 9.17) is 21.6 Å². The van der Waals surface area contributed by atoms with Crippen molar-refractivity contribution >= 4 is 23.8 Å². The molecular weight excluding hydrogens is 263 g/mol. The number of hydrogen-bond donors (Lipinski definition) is 4. The summed E-state index contributed by atoms with van der Waals surface area (Å²) in [5.41, 5.74) is -0.720. The molecule has 0 spiro atoms. The van der Waals surface area contributed by atoms with Crippen LogP contribution in [0.3, 0.4) is 0 Å². The first-order valence-corrected chi connectivity index (χ1v) is 4.67. The van der Waals surface area contributed by atoms with Gasteiger partial charge in [0.15, 0.2) is 0 Å². The topological polar surface area (TPSA) is 121 Å². The van der Waals surface area contributed by atoms with Crippen LogP contribution in [0, 0.1) is 5.41 Å². The standard InChI is InChI=1S/C6H6F3N5O2S/c7-6(8,9)17-4-2(1-12-15)14(16)13-3(4)5(10)11/h1,15-16H,(H3,10,11). The number of halogens is 3. The van der Waals surface area contributed by atoms with Gasteiger partial charge in [0.05, 0.1) is 11.1 Å². The molecule has 1 aromatic rings. The predicted octanol–water partition coefficient (Wildman–Crippen LogP) is 0.824. The monoisotopic (exact) mass is 269 g/mol. The van der Waals surface area contributed by atoms with Gasteiger partial charge in [0.2, 0.25) is 0 Å². The molecule has 0 aliphatic carbocycles. The van der Waals surface area contributed by atoms with E-state index in [9.17, 15) is 13.2 Å². The number of rotatable bonds is 3. The van der Waals surface area contributed by atoms with Crippen molar-refractivity contribution in [2.24, 2.45) is 10.9 Å². The Balaban J connectivity index is 3.35. The Labute approximate surface area is 96.2 Å². The van der Waals surface area contributed by atoms with Crippen LogP contribution in [0.25, 0.3) is 0 Å². The van der Waals surface area contributed by atoms with Gasteiger partial charge in [-0.05, 0) is 11.8 Å². The summed E-state index contributed by atoms with van der Waals surface area (Å²) in [4.78, 5) is -0.574. The molecule has 94 valence electrons. The van der Waals surface area contributed by atoms with E-state index < -0.39 is 39.4 Å². The zero-order valence-corrected chi connectivity index (χ0v) is 8.75. The number of hydrogen-bond acceptors (Lipinski definition) is 6. The Bertz CT molecular complexity index is 469. The summed E-state index contributed by atoms with van der Waals surface area (Å²) in [6.45, 7) is 0. The van der Waals surface area contributed by atoms with E-state index in [1.165, 1.54) is 0 Å². The lowest BCUT2D eigenvalue weighted by atomic mass is 10.3. The van der Waals surface area contributed by atoms with E-state index >= 15 is 0 Å². The molecule has 0 saturated carbocycles. The number of thioether (sulfide) groups is 1. The number of nitrogens with two attached hydrogens (primary N) is 1. The van der Waals surface area contributed by atoms with Crippen molar-refractivity contribution in [3.63, 3.8) is 0 Å². The number of nitrogens with one attached hydrogen (secondary N) is 1. The van der Waals surface area contributed by atoms with Crippen LogP contribution < -0.4 is 5.73 Å². The van der Waals surface area contributed by atoms with Crippen molar-refractivity contribution < 1.29 is 23.6 Å². The number of alkyl halides is 3. The van der Waals surface area contributed by atoms with Gasteiger partial charge < -0.3 is 16.1 Å². The highest BCUT2D eigenvalue weighted by Crippen LogP contribution is 2.39. The summed E-state index contributed by atoms with van der Waals surface area (Å²) in [5, 5.41) is 30.1. The van der Waals surface area contributed by atoms with E-state index in [1.807, 2.05) is 0 Å². The maximum atomic E-state index is 12.2. The molecule has 0 amide bonds. The van der Waals surface area contributed by atoms with E-state index in [0.717, 1.165) is 0 Å². The number of oxime groups is 1. The molecule has 0 saturated heterocycles. The second-order valence-corrected chi connectivity index (χ2v) is 3.73. The van der Waals surface area contributed by atoms with Gasteiger partial charge in [-0.2, -0.15) is 13.2 Å². The third-order valence-electron chi connectivity index (χ3n) is 1.51. The van der Waals surface area contributed by atoms with Crippen molar-refractivity contribution in [1.82, 2.24) is 9.94 Å².